The molecule has 2 atom stereocenters. The number of benzene rings is 1. The van der Waals surface area contributed by atoms with Crippen molar-refractivity contribution in [3.63, 3.8) is 0 Å². The summed E-state index contributed by atoms with van der Waals surface area (Å²) in [6.45, 7) is 3.04. The van der Waals surface area contributed by atoms with E-state index in [9.17, 15) is 5.11 Å². The molecule has 0 heterocycles. The molecule has 1 unspecified atom stereocenters. The van der Waals surface area contributed by atoms with Crippen LogP contribution in [-0.2, 0) is 4.74 Å². The van der Waals surface area contributed by atoms with E-state index in [0.29, 0.717) is 19.3 Å². The van der Waals surface area contributed by atoms with Crippen LogP contribution >= 0.6 is 11.6 Å². The molecule has 0 radical (unpaired) electrons. The van der Waals surface area contributed by atoms with Crippen molar-refractivity contribution < 1.29 is 9.84 Å². The van der Waals surface area contributed by atoms with Crippen LogP contribution in [0.15, 0.2) is 24.3 Å². The van der Waals surface area contributed by atoms with E-state index in [2.05, 4.69) is 12.2 Å². The maximum atomic E-state index is 10.0. The summed E-state index contributed by atoms with van der Waals surface area (Å²) in [4.78, 5) is 0. The van der Waals surface area contributed by atoms with Crippen LogP contribution in [0.25, 0.3) is 0 Å². The number of rotatable bonds is 7. The largest absolute Gasteiger partial charge is 0.389 e. The molecule has 0 amide bonds. The third-order valence-electron chi connectivity index (χ3n) is 4.11. The molecule has 2 rings (SSSR count). The first-order valence-electron chi connectivity index (χ1n) is 7.93. The second kappa shape index (κ2) is 8.74. The predicted molar refractivity (Wildman–Crippen MR) is 86.7 cm³/mol. The molecule has 1 aliphatic carbocycles. The maximum Gasteiger partial charge on any atom is 0.0898 e. The zero-order valence-corrected chi connectivity index (χ0v) is 13.5. The number of hydrogen-bond donors (Lipinski definition) is 2. The highest BCUT2D eigenvalue weighted by molar-refractivity contribution is 6.30. The minimum absolute atomic E-state index is 0.187. The first kappa shape index (κ1) is 16.8. The van der Waals surface area contributed by atoms with Crippen molar-refractivity contribution in [1.29, 1.82) is 0 Å². The maximum absolute atomic E-state index is 10.0. The number of nitrogens with one attached hydrogen (secondary N) is 1. The lowest BCUT2D eigenvalue weighted by Gasteiger charge is -2.24. The Labute approximate surface area is 132 Å². The Kier molecular flexibility index (Phi) is 6.97. The molecular weight excluding hydrogens is 286 g/mol. The first-order valence-corrected chi connectivity index (χ1v) is 8.31. The fraction of sp³-hybridized carbons (Fsp3) is 0.647. The number of aliphatic hydroxyl groups is 1. The Morgan fingerprint density at radius 1 is 1.24 bits per heavy atom. The zero-order valence-electron chi connectivity index (χ0n) is 12.7. The van der Waals surface area contributed by atoms with Gasteiger partial charge in [0.1, 0.15) is 0 Å². The van der Waals surface area contributed by atoms with Gasteiger partial charge < -0.3 is 15.2 Å². The minimum Gasteiger partial charge on any atom is -0.389 e. The Balaban J connectivity index is 1.65. The van der Waals surface area contributed by atoms with E-state index in [-0.39, 0.29) is 6.04 Å². The molecule has 1 aromatic rings. The normalized spacial score (nSPS) is 19.4. The lowest BCUT2D eigenvalue weighted by Crippen LogP contribution is -2.33. The van der Waals surface area contributed by atoms with Gasteiger partial charge in [-0.2, -0.15) is 0 Å². The highest BCUT2D eigenvalue weighted by Gasteiger charge is 2.16. The van der Waals surface area contributed by atoms with Crippen LogP contribution in [0.1, 0.15) is 50.6 Å². The van der Waals surface area contributed by atoms with E-state index in [1.54, 1.807) is 0 Å². The van der Waals surface area contributed by atoms with E-state index in [0.717, 1.165) is 17.9 Å². The fourth-order valence-corrected chi connectivity index (χ4v) is 2.85. The van der Waals surface area contributed by atoms with Gasteiger partial charge in [-0.3, -0.25) is 0 Å². The first-order chi connectivity index (χ1) is 10.1. The van der Waals surface area contributed by atoms with E-state index >= 15 is 0 Å². The van der Waals surface area contributed by atoms with Gasteiger partial charge in [-0.1, -0.05) is 43.0 Å². The van der Waals surface area contributed by atoms with Crippen molar-refractivity contribution in [2.24, 2.45) is 0 Å². The van der Waals surface area contributed by atoms with Gasteiger partial charge in [0, 0.05) is 17.6 Å². The molecule has 1 fully saturated rings. The van der Waals surface area contributed by atoms with Gasteiger partial charge in [0.2, 0.25) is 0 Å². The average Bonchev–Trinajstić information content (AvgIpc) is 2.52. The summed E-state index contributed by atoms with van der Waals surface area (Å²) in [6.07, 6.45) is 6.01. The van der Waals surface area contributed by atoms with Crippen LogP contribution in [0.3, 0.4) is 0 Å². The summed E-state index contributed by atoms with van der Waals surface area (Å²) in [5.41, 5.74) is 1.17. The lowest BCUT2D eigenvalue weighted by atomic mass is 9.98. The summed E-state index contributed by atoms with van der Waals surface area (Å²) >= 11 is 5.88. The summed E-state index contributed by atoms with van der Waals surface area (Å²) < 4.78 is 5.79. The number of hydrogen-bond acceptors (Lipinski definition) is 3. The topological polar surface area (TPSA) is 41.5 Å². The Bertz CT molecular complexity index is 404. The predicted octanol–water partition coefficient (Wildman–Crippen LogP) is 3.70. The molecule has 4 heteroatoms. The quantitative estimate of drug-likeness (QED) is 0.806. The molecule has 0 aromatic heterocycles. The fourth-order valence-electron chi connectivity index (χ4n) is 2.72. The molecule has 0 spiro atoms. The molecular formula is C17H26ClNO2. The van der Waals surface area contributed by atoms with Gasteiger partial charge in [0.15, 0.2) is 0 Å². The molecule has 0 bridgehead atoms. The second-order valence-corrected chi connectivity index (χ2v) is 6.37. The van der Waals surface area contributed by atoms with Gasteiger partial charge in [0.05, 0.1) is 18.8 Å². The molecule has 1 aliphatic rings. The highest BCUT2D eigenvalue weighted by atomic mass is 35.5. The van der Waals surface area contributed by atoms with E-state index in [1.165, 1.54) is 24.8 Å². The van der Waals surface area contributed by atoms with E-state index in [4.69, 9.17) is 16.3 Å². The van der Waals surface area contributed by atoms with Crippen molar-refractivity contribution in [3.8, 4) is 0 Å². The van der Waals surface area contributed by atoms with Crippen molar-refractivity contribution in [3.05, 3.63) is 34.9 Å². The number of aliphatic hydroxyl groups excluding tert-OH is 1. The van der Waals surface area contributed by atoms with Crippen LogP contribution in [0.2, 0.25) is 5.02 Å². The number of halogens is 1. The summed E-state index contributed by atoms with van der Waals surface area (Å²) in [7, 11) is 0. The van der Waals surface area contributed by atoms with Crippen LogP contribution in [-0.4, -0.2) is 30.5 Å². The van der Waals surface area contributed by atoms with E-state index < -0.39 is 6.10 Å². The van der Waals surface area contributed by atoms with Crippen molar-refractivity contribution in [2.75, 3.05) is 13.2 Å². The molecule has 1 aromatic carbocycles. The third kappa shape index (κ3) is 5.95. The van der Waals surface area contributed by atoms with Gasteiger partial charge in [0.25, 0.3) is 0 Å². The van der Waals surface area contributed by atoms with Crippen LogP contribution in [0.4, 0.5) is 0 Å². The summed E-state index contributed by atoms with van der Waals surface area (Å²) in [5.74, 6) is 0. The smallest absolute Gasteiger partial charge is 0.0898 e. The van der Waals surface area contributed by atoms with Crippen LogP contribution in [0.5, 0.6) is 0 Å². The summed E-state index contributed by atoms with van der Waals surface area (Å²) in [6, 6.07) is 7.97. The Morgan fingerprint density at radius 3 is 2.57 bits per heavy atom. The van der Waals surface area contributed by atoms with Crippen molar-refractivity contribution in [2.45, 2.75) is 57.3 Å². The van der Waals surface area contributed by atoms with Crippen LogP contribution in [0, 0.1) is 0 Å². The van der Waals surface area contributed by atoms with Gasteiger partial charge in [-0.15, -0.1) is 0 Å². The van der Waals surface area contributed by atoms with Gasteiger partial charge >= 0.3 is 0 Å². The third-order valence-corrected chi connectivity index (χ3v) is 4.36. The van der Waals surface area contributed by atoms with E-state index in [1.807, 2.05) is 24.3 Å². The Morgan fingerprint density at radius 2 is 1.90 bits per heavy atom. The molecule has 0 aliphatic heterocycles. The summed E-state index contributed by atoms with van der Waals surface area (Å²) in [5, 5.41) is 14.1. The molecule has 3 nitrogen and oxygen atoms in total. The average molecular weight is 312 g/mol. The Hall–Kier alpha value is -0.610. The second-order valence-electron chi connectivity index (χ2n) is 5.93. The standard InChI is InChI=1S/C17H26ClNO2/c1-13(14-7-9-15(18)10-8-14)19-11-16(20)12-21-17-5-3-2-4-6-17/h7-10,13,16-17,19-20H,2-6,11-12H2,1H3/t13-,16?/m0/s1. The van der Waals surface area contributed by atoms with Gasteiger partial charge in [-0.05, 0) is 37.5 Å². The molecule has 1 saturated carbocycles. The highest BCUT2D eigenvalue weighted by Crippen LogP contribution is 2.20. The zero-order chi connectivity index (χ0) is 15.1. The lowest BCUT2D eigenvalue weighted by molar-refractivity contribution is -0.0235. The number of ether oxygens (including phenoxy) is 1. The SMILES string of the molecule is C[C@H](NCC(O)COC1CCCCC1)c1ccc(Cl)cc1. The van der Waals surface area contributed by atoms with Crippen molar-refractivity contribution >= 4 is 11.6 Å². The molecule has 2 N–H and O–H groups in total. The molecule has 118 valence electrons. The minimum atomic E-state index is -0.457. The molecule has 21 heavy (non-hydrogen) atoms. The van der Waals surface area contributed by atoms with Gasteiger partial charge in [-0.25, -0.2) is 0 Å². The van der Waals surface area contributed by atoms with Crippen LogP contribution < -0.4 is 5.32 Å². The monoisotopic (exact) mass is 311 g/mol. The van der Waals surface area contributed by atoms with Crippen molar-refractivity contribution in [1.82, 2.24) is 5.32 Å². The molecule has 0 saturated heterocycles.